The van der Waals surface area contributed by atoms with E-state index in [0.29, 0.717) is 21.3 Å². The Bertz CT molecular complexity index is 892. The molecule has 0 saturated carbocycles. The monoisotopic (exact) mass is 343 g/mol. The standard InChI is InChI=1S/C16H10FN3O3S/c17-12-7-5-9(6-8-12)13(21)18-16-20-19-14(24-16)10-1-3-11(4-2-10)15(22)23/h1-8H,(H,22,23)(H,18,20,21). The maximum absolute atomic E-state index is 12.9. The van der Waals surface area contributed by atoms with Gasteiger partial charge < -0.3 is 5.11 Å². The number of aromatic carboxylic acids is 1. The van der Waals surface area contributed by atoms with Gasteiger partial charge in [0, 0.05) is 11.1 Å². The summed E-state index contributed by atoms with van der Waals surface area (Å²) in [6.45, 7) is 0. The van der Waals surface area contributed by atoms with E-state index in [4.69, 9.17) is 5.11 Å². The van der Waals surface area contributed by atoms with E-state index >= 15 is 0 Å². The highest BCUT2D eigenvalue weighted by molar-refractivity contribution is 7.18. The molecule has 0 aliphatic carbocycles. The summed E-state index contributed by atoms with van der Waals surface area (Å²) in [4.78, 5) is 22.9. The number of rotatable bonds is 4. The number of nitrogens with one attached hydrogen (secondary N) is 1. The minimum Gasteiger partial charge on any atom is -0.478 e. The van der Waals surface area contributed by atoms with Crippen LogP contribution in [-0.2, 0) is 0 Å². The molecule has 3 rings (SSSR count). The maximum Gasteiger partial charge on any atom is 0.335 e. The first kappa shape index (κ1) is 15.8. The zero-order valence-corrected chi connectivity index (χ0v) is 12.9. The van der Waals surface area contributed by atoms with Crippen LogP contribution in [-0.4, -0.2) is 27.2 Å². The van der Waals surface area contributed by atoms with Gasteiger partial charge in [-0.2, -0.15) is 0 Å². The van der Waals surface area contributed by atoms with Crippen molar-refractivity contribution in [1.82, 2.24) is 10.2 Å². The molecular formula is C16H10FN3O3S. The Morgan fingerprint density at radius 3 is 2.21 bits per heavy atom. The molecule has 2 aromatic carbocycles. The Morgan fingerprint density at radius 1 is 0.958 bits per heavy atom. The average Bonchev–Trinajstić information content (AvgIpc) is 3.04. The lowest BCUT2D eigenvalue weighted by Crippen LogP contribution is -2.11. The number of carboxylic acids is 1. The second-order valence-electron chi connectivity index (χ2n) is 4.76. The Hall–Kier alpha value is -3.13. The van der Waals surface area contributed by atoms with Crippen LogP contribution in [0.5, 0.6) is 0 Å². The second-order valence-corrected chi connectivity index (χ2v) is 5.73. The number of carbonyl (C=O) groups is 2. The lowest BCUT2D eigenvalue weighted by atomic mass is 10.1. The summed E-state index contributed by atoms with van der Waals surface area (Å²) >= 11 is 1.15. The first-order valence-corrected chi connectivity index (χ1v) is 7.59. The van der Waals surface area contributed by atoms with E-state index in [2.05, 4.69) is 15.5 Å². The minimum absolute atomic E-state index is 0.174. The van der Waals surface area contributed by atoms with Gasteiger partial charge in [-0.1, -0.05) is 23.5 Å². The number of aromatic nitrogens is 2. The van der Waals surface area contributed by atoms with Gasteiger partial charge in [-0.15, -0.1) is 10.2 Å². The van der Waals surface area contributed by atoms with Gasteiger partial charge in [-0.25, -0.2) is 9.18 Å². The van der Waals surface area contributed by atoms with E-state index < -0.39 is 17.7 Å². The molecule has 0 aliphatic heterocycles. The molecule has 0 saturated heterocycles. The molecule has 0 aliphatic rings. The van der Waals surface area contributed by atoms with Crippen LogP contribution in [0.2, 0.25) is 0 Å². The molecule has 1 aromatic heterocycles. The van der Waals surface area contributed by atoms with Gasteiger partial charge in [0.2, 0.25) is 5.13 Å². The van der Waals surface area contributed by atoms with Crippen LogP contribution in [0.3, 0.4) is 0 Å². The van der Waals surface area contributed by atoms with E-state index in [0.717, 1.165) is 11.3 Å². The van der Waals surface area contributed by atoms with Crippen molar-refractivity contribution in [3.63, 3.8) is 0 Å². The highest BCUT2D eigenvalue weighted by Crippen LogP contribution is 2.26. The fraction of sp³-hybridized carbons (Fsp3) is 0. The molecule has 1 amide bonds. The number of nitrogens with zero attached hydrogens (tertiary/aromatic N) is 2. The largest absolute Gasteiger partial charge is 0.478 e. The lowest BCUT2D eigenvalue weighted by Gasteiger charge is -2.00. The summed E-state index contributed by atoms with van der Waals surface area (Å²) in [7, 11) is 0. The Balaban J connectivity index is 1.74. The van der Waals surface area contributed by atoms with Crippen LogP contribution in [0.1, 0.15) is 20.7 Å². The number of amides is 1. The van der Waals surface area contributed by atoms with Gasteiger partial charge in [0.25, 0.3) is 5.91 Å². The van der Waals surface area contributed by atoms with E-state index in [1.165, 1.54) is 36.4 Å². The van der Waals surface area contributed by atoms with Crippen molar-refractivity contribution >= 4 is 28.3 Å². The van der Waals surface area contributed by atoms with Gasteiger partial charge in [-0.05, 0) is 36.4 Å². The van der Waals surface area contributed by atoms with Crippen molar-refractivity contribution in [2.24, 2.45) is 0 Å². The molecule has 0 fully saturated rings. The molecule has 2 N–H and O–H groups in total. The van der Waals surface area contributed by atoms with Crippen molar-refractivity contribution in [1.29, 1.82) is 0 Å². The van der Waals surface area contributed by atoms with Crippen molar-refractivity contribution in [2.75, 3.05) is 5.32 Å². The zero-order valence-electron chi connectivity index (χ0n) is 12.1. The molecule has 3 aromatic rings. The highest BCUT2D eigenvalue weighted by atomic mass is 32.1. The van der Waals surface area contributed by atoms with Crippen LogP contribution < -0.4 is 5.32 Å². The number of anilines is 1. The Morgan fingerprint density at radius 2 is 1.58 bits per heavy atom. The molecule has 1 heterocycles. The first-order valence-electron chi connectivity index (χ1n) is 6.77. The Kier molecular flexibility index (Phi) is 4.30. The predicted molar refractivity (Wildman–Crippen MR) is 86.7 cm³/mol. The van der Waals surface area contributed by atoms with Gasteiger partial charge in [-0.3, -0.25) is 10.1 Å². The number of hydrogen-bond donors (Lipinski definition) is 2. The van der Waals surface area contributed by atoms with Crippen molar-refractivity contribution in [3.8, 4) is 10.6 Å². The van der Waals surface area contributed by atoms with E-state index in [9.17, 15) is 14.0 Å². The normalized spacial score (nSPS) is 10.4. The van der Waals surface area contributed by atoms with Crippen molar-refractivity contribution in [2.45, 2.75) is 0 Å². The Labute approximate surface area is 139 Å². The zero-order chi connectivity index (χ0) is 17.1. The minimum atomic E-state index is -1.01. The van der Waals surface area contributed by atoms with Crippen molar-refractivity contribution < 1.29 is 19.1 Å². The first-order chi connectivity index (χ1) is 11.5. The molecular weight excluding hydrogens is 333 g/mol. The van der Waals surface area contributed by atoms with Gasteiger partial charge in [0.1, 0.15) is 10.8 Å². The van der Waals surface area contributed by atoms with Crippen LogP contribution in [0.4, 0.5) is 9.52 Å². The molecule has 8 heteroatoms. The van der Waals surface area contributed by atoms with Crippen LogP contribution in [0, 0.1) is 5.82 Å². The number of carbonyl (C=O) groups excluding carboxylic acids is 1. The lowest BCUT2D eigenvalue weighted by molar-refractivity contribution is 0.0696. The number of halogens is 1. The molecule has 24 heavy (non-hydrogen) atoms. The summed E-state index contributed by atoms with van der Waals surface area (Å²) in [6.07, 6.45) is 0. The molecule has 0 radical (unpaired) electrons. The summed E-state index contributed by atoms with van der Waals surface area (Å²) in [5.41, 5.74) is 1.17. The fourth-order valence-corrected chi connectivity index (χ4v) is 2.66. The third-order valence-electron chi connectivity index (χ3n) is 3.13. The van der Waals surface area contributed by atoms with Crippen LogP contribution >= 0.6 is 11.3 Å². The SMILES string of the molecule is O=C(O)c1ccc(-c2nnc(NC(=O)c3ccc(F)cc3)s2)cc1. The van der Waals surface area contributed by atoms with Crippen LogP contribution in [0.25, 0.3) is 10.6 Å². The summed E-state index contributed by atoms with van der Waals surface area (Å²) in [5.74, 6) is -1.85. The quantitative estimate of drug-likeness (QED) is 0.758. The average molecular weight is 343 g/mol. The second kappa shape index (κ2) is 6.55. The molecule has 0 unspecified atom stereocenters. The van der Waals surface area contributed by atoms with E-state index in [1.807, 2.05) is 0 Å². The maximum atomic E-state index is 12.9. The van der Waals surface area contributed by atoms with Gasteiger partial charge >= 0.3 is 5.97 Å². The molecule has 120 valence electrons. The summed E-state index contributed by atoms with van der Waals surface area (Å²) in [6, 6.07) is 11.3. The summed E-state index contributed by atoms with van der Waals surface area (Å²) < 4.78 is 12.9. The number of hydrogen-bond acceptors (Lipinski definition) is 5. The van der Waals surface area contributed by atoms with Gasteiger partial charge in [0.15, 0.2) is 0 Å². The molecule has 0 atom stereocenters. The third-order valence-corrected chi connectivity index (χ3v) is 4.02. The fourth-order valence-electron chi connectivity index (χ4n) is 1.92. The van der Waals surface area contributed by atoms with Crippen molar-refractivity contribution in [3.05, 3.63) is 65.5 Å². The van der Waals surface area contributed by atoms with E-state index in [-0.39, 0.29) is 5.56 Å². The number of benzene rings is 2. The van der Waals surface area contributed by atoms with Crippen LogP contribution in [0.15, 0.2) is 48.5 Å². The molecule has 0 bridgehead atoms. The number of carboxylic acid groups (broad SMARTS) is 1. The molecule has 6 nitrogen and oxygen atoms in total. The third kappa shape index (κ3) is 3.44. The highest BCUT2D eigenvalue weighted by Gasteiger charge is 2.12. The smallest absolute Gasteiger partial charge is 0.335 e. The predicted octanol–water partition coefficient (Wildman–Crippen LogP) is 3.29. The van der Waals surface area contributed by atoms with Gasteiger partial charge in [0.05, 0.1) is 5.56 Å². The molecule has 0 spiro atoms. The topological polar surface area (TPSA) is 92.2 Å². The summed E-state index contributed by atoms with van der Waals surface area (Å²) in [5, 5.41) is 20.1. The van der Waals surface area contributed by atoms with E-state index in [1.54, 1.807) is 12.1 Å².